The van der Waals surface area contributed by atoms with Gasteiger partial charge in [-0.15, -0.1) is 0 Å². The van der Waals surface area contributed by atoms with Crippen LogP contribution in [-0.2, 0) is 13.6 Å². The van der Waals surface area contributed by atoms with Gasteiger partial charge in [-0.3, -0.25) is 0 Å². The Bertz CT molecular complexity index is 870. The zero-order valence-corrected chi connectivity index (χ0v) is 12.4. The molecule has 0 spiro atoms. The van der Waals surface area contributed by atoms with Gasteiger partial charge < -0.3 is 9.47 Å². The minimum Gasteiger partial charge on any atom is -0.350 e. The third-order valence-electron chi connectivity index (χ3n) is 4.55. The number of aromatic nitrogens is 1. The van der Waals surface area contributed by atoms with Crippen LogP contribution in [0, 0.1) is 6.92 Å². The average Bonchev–Trinajstić information content (AvgIpc) is 3.02. The van der Waals surface area contributed by atoms with Crippen molar-refractivity contribution in [3.63, 3.8) is 0 Å². The van der Waals surface area contributed by atoms with Crippen molar-refractivity contribution in [2.24, 2.45) is 7.05 Å². The van der Waals surface area contributed by atoms with Gasteiger partial charge in [0.05, 0.1) is 0 Å². The largest absolute Gasteiger partial charge is 0.350 e. The molecule has 0 N–H and O–H groups in total. The maximum Gasteiger partial charge on any atom is 0.0498 e. The Morgan fingerprint density at radius 3 is 2.76 bits per heavy atom. The van der Waals surface area contributed by atoms with Crippen molar-refractivity contribution in [2.75, 3.05) is 4.90 Å². The van der Waals surface area contributed by atoms with Gasteiger partial charge in [0, 0.05) is 42.3 Å². The zero-order valence-electron chi connectivity index (χ0n) is 12.4. The quantitative estimate of drug-likeness (QED) is 0.635. The maximum absolute atomic E-state index is 4.30. The summed E-state index contributed by atoms with van der Waals surface area (Å²) >= 11 is 0. The van der Waals surface area contributed by atoms with Crippen molar-refractivity contribution in [1.82, 2.24) is 4.57 Å². The first kappa shape index (κ1) is 12.3. The van der Waals surface area contributed by atoms with Gasteiger partial charge in [-0.25, -0.2) is 0 Å². The summed E-state index contributed by atoms with van der Waals surface area (Å²) in [6.07, 6.45) is 2.10. The number of nitrogens with zero attached hydrogens (tertiary/aromatic N) is 2. The fourth-order valence-electron chi connectivity index (χ4n) is 3.25. The lowest BCUT2D eigenvalue weighted by Gasteiger charge is -2.20. The normalized spacial score (nSPS) is 14.0. The van der Waals surface area contributed by atoms with E-state index in [1.54, 1.807) is 0 Å². The van der Waals surface area contributed by atoms with Crippen LogP contribution in [-0.4, -0.2) is 4.57 Å². The molecule has 4 rings (SSSR count). The minimum absolute atomic E-state index is 0.913. The molecular weight excluding hydrogens is 256 g/mol. The predicted octanol–water partition coefficient (Wildman–Crippen LogP) is 4.48. The number of fused-ring (bicyclic) bond motifs is 2. The summed E-state index contributed by atoms with van der Waals surface area (Å²) in [6, 6.07) is 15.2. The van der Waals surface area contributed by atoms with Crippen LogP contribution in [0.2, 0.25) is 0 Å². The summed E-state index contributed by atoms with van der Waals surface area (Å²) in [5.74, 6) is 0. The Kier molecular flexibility index (Phi) is 2.49. The van der Waals surface area contributed by atoms with Gasteiger partial charge in [0.15, 0.2) is 0 Å². The van der Waals surface area contributed by atoms with Gasteiger partial charge in [0.1, 0.15) is 0 Å². The molecule has 0 saturated carbocycles. The van der Waals surface area contributed by atoms with Gasteiger partial charge in [0.25, 0.3) is 0 Å². The van der Waals surface area contributed by atoms with Crippen LogP contribution in [0.5, 0.6) is 0 Å². The van der Waals surface area contributed by atoms with Crippen molar-refractivity contribution in [3.8, 4) is 0 Å². The second-order valence-electron chi connectivity index (χ2n) is 5.80. The Morgan fingerprint density at radius 2 is 1.95 bits per heavy atom. The average molecular weight is 274 g/mol. The highest BCUT2D eigenvalue weighted by molar-refractivity contribution is 5.89. The van der Waals surface area contributed by atoms with Crippen LogP contribution in [0.3, 0.4) is 0 Å². The van der Waals surface area contributed by atoms with Crippen molar-refractivity contribution < 1.29 is 0 Å². The summed E-state index contributed by atoms with van der Waals surface area (Å²) in [4.78, 5) is 2.31. The van der Waals surface area contributed by atoms with Crippen LogP contribution in [0.4, 0.5) is 5.69 Å². The molecule has 3 aromatic rings. The lowest BCUT2D eigenvalue weighted by molar-refractivity contribution is 0.966. The Labute approximate surface area is 124 Å². The minimum atomic E-state index is 0.913. The molecule has 0 atom stereocenters. The fourth-order valence-corrected chi connectivity index (χ4v) is 3.25. The number of anilines is 1. The topological polar surface area (TPSA) is 8.17 Å². The molecule has 2 heteroatoms. The molecule has 2 aromatic carbocycles. The summed E-state index contributed by atoms with van der Waals surface area (Å²) < 4.78 is 2.16. The molecule has 2 nitrogen and oxygen atoms in total. The fraction of sp³-hybridized carbons (Fsp3) is 0.158. The van der Waals surface area contributed by atoms with Crippen molar-refractivity contribution in [3.05, 3.63) is 71.9 Å². The molecule has 0 unspecified atom stereocenters. The molecule has 0 radical (unpaired) electrons. The Hall–Kier alpha value is -2.48. The van der Waals surface area contributed by atoms with E-state index in [0.29, 0.717) is 0 Å². The number of aryl methyl sites for hydroxylation is 2. The Balaban J connectivity index is 1.82. The molecule has 1 aliphatic rings. The smallest absolute Gasteiger partial charge is 0.0498 e. The standard InChI is InChI=1S/C19H18N2/c1-13-5-4-6-17-14(2)21(12-18(13)17)16-8-7-15-9-10-20(3)19(15)11-16/h4-11H,2,12H2,1,3H3. The van der Waals surface area contributed by atoms with E-state index in [0.717, 1.165) is 12.2 Å². The van der Waals surface area contributed by atoms with Crippen LogP contribution >= 0.6 is 0 Å². The van der Waals surface area contributed by atoms with E-state index in [9.17, 15) is 0 Å². The third kappa shape index (κ3) is 1.72. The molecule has 0 saturated heterocycles. The van der Waals surface area contributed by atoms with Crippen LogP contribution in [0.15, 0.2) is 55.2 Å². The summed E-state index contributed by atoms with van der Waals surface area (Å²) in [5.41, 5.74) is 7.59. The SMILES string of the molecule is C=C1c2cccc(C)c2CN1c1ccc2ccn(C)c2c1. The number of benzene rings is 2. The molecule has 2 heterocycles. The molecule has 0 aliphatic carbocycles. The molecule has 0 amide bonds. The van der Waals surface area contributed by atoms with E-state index >= 15 is 0 Å². The maximum atomic E-state index is 4.30. The van der Waals surface area contributed by atoms with E-state index in [2.05, 4.69) is 78.7 Å². The van der Waals surface area contributed by atoms with E-state index in [1.807, 2.05) is 0 Å². The zero-order chi connectivity index (χ0) is 14.6. The number of hydrogen-bond acceptors (Lipinski definition) is 1. The molecule has 21 heavy (non-hydrogen) atoms. The van der Waals surface area contributed by atoms with Crippen LogP contribution in [0.25, 0.3) is 16.6 Å². The van der Waals surface area contributed by atoms with Crippen molar-refractivity contribution >= 4 is 22.3 Å². The van der Waals surface area contributed by atoms with Gasteiger partial charge in [-0.05, 0) is 41.6 Å². The molecule has 0 bridgehead atoms. The number of hydrogen-bond donors (Lipinski definition) is 0. The lowest BCUT2D eigenvalue weighted by atomic mass is 10.0. The monoisotopic (exact) mass is 274 g/mol. The second-order valence-corrected chi connectivity index (χ2v) is 5.80. The van der Waals surface area contributed by atoms with Gasteiger partial charge in [-0.1, -0.05) is 30.8 Å². The highest BCUT2D eigenvalue weighted by Gasteiger charge is 2.24. The molecule has 104 valence electrons. The van der Waals surface area contributed by atoms with E-state index in [1.165, 1.54) is 33.3 Å². The Morgan fingerprint density at radius 1 is 1.10 bits per heavy atom. The highest BCUT2D eigenvalue weighted by atomic mass is 15.2. The molecule has 0 fully saturated rings. The van der Waals surface area contributed by atoms with Crippen molar-refractivity contribution in [2.45, 2.75) is 13.5 Å². The predicted molar refractivity (Wildman–Crippen MR) is 89.3 cm³/mol. The van der Waals surface area contributed by atoms with Crippen molar-refractivity contribution in [1.29, 1.82) is 0 Å². The second kappa shape index (κ2) is 4.26. The summed E-state index contributed by atoms with van der Waals surface area (Å²) in [5, 5.41) is 1.28. The van der Waals surface area contributed by atoms with Gasteiger partial charge in [0.2, 0.25) is 0 Å². The molecular formula is C19H18N2. The summed E-state index contributed by atoms with van der Waals surface area (Å²) in [6.45, 7) is 7.39. The van der Waals surface area contributed by atoms with Gasteiger partial charge >= 0.3 is 0 Å². The van der Waals surface area contributed by atoms with E-state index < -0.39 is 0 Å². The highest BCUT2D eigenvalue weighted by Crippen LogP contribution is 2.38. The number of rotatable bonds is 1. The molecule has 1 aliphatic heterocycles. The third-order valence-corrected chi connectivity index (χ3v) is 4.55. The molecule has 1 aromatic heterocycles. The van der Waals surface area contributed by atoms with Gasteiger partial charge in [-0.2, -0.15) is 0 Å². The van der Waals surface area contributed by atoms with Crippen LogP contribution < -0.4 is 4.90 Å². The van der Waals surface area contributed by atoms with E-state index in [4.69, 9.17) is 0 Å². The first-order valence-corrected chi connectivity index (χ1v) is 7.25. The lowest BCUT2D eigenvalue weighted by Crippen LogP contribution is -2.13. The first-order chi connectivity index (χ1) is 10.1. The van der Waals surface area contributed by atoms with E-state index in [-0.39, 0.29) is 0 Å². The first-order valence-electron chi connectivity index (χ1n) is 7.25. The van der Waals surface area contributed by atoms with Crippen LogP contribution in [0.1, 0.15) is 16.7 Å². The summed E-state index contributed by atoms with van der Waals surface area (Å²) in [7, 11) is 2.09.